The van der Waals surface area contributed by atoms with Crippen molar-refractivity contribution in [2.45, 2.75) is 25.8 Å². The Morgan fingerprint density at radius 1 is 0.889 bits per heavy atom. The van der Waals surface area contributed by atoms with Crippen molar-refractivity contribution in [3.05, 3.63) is 76.9 Å². The third kappa shape index (κ3) is 4.91. The van der Waals surface area contributed by atoms with Crippen LogP contribution in [0, 0.1) is 0 Å². The van der Waals surface area contributed by atoms with Gasteiger partial charge in [0.1, 0.15) is 12.4 Å². The molecule has 0 saturated heterocycles. The zero-order valence-corrected chi connectivity index (χ0v) is 21.5. The predicted octanol–water partition coefficient (Wildman–Crippen LogP) is 5.10. The number of rotatable bonds is 9. The van der Waals surface area contributed by atoms with E-state index in [1.807, 2.05) is 29.2 Å². The number of aryl methyl sites for hydroxylation is 1. The minimum atomic E-state index is -0.345. The second kappa shape index (κ2) is 11.2. The highest BCUT2D eigenvalue weighted by molar-refractivity contribution is 5.98. The fourth-order valence-electron chi connectivity index (χ4n) is 4.66. The lowest BCUT2D eigenvalue weighted by molar-refractivity contribution is 0.0585. The molecule has 0 saturated carbocycles. The Hall–Kier alpha value is -3.87. The van der Waals surface area contributed by atoms with Crippen LogP contribution in [0.25, 0.3) is 0 Å². The van der Waals surface area contributed by atoms with E-state index in [2.05, 4.69) is 19.1 Å². The summed E-state index contributed by atoms with van der Waals surface area (Å²) in [5, 5.41) is 0. The highest BCUT2D eigenvalue weighted by atomic mass is 16.5. The summed E-state index contributed by atoms with van der Waals surface area (Å²) in [6.07, 6.45) is 1.64. The predicted molar refractivity (Wildman–Crippen MR) is 138 cm³/mol. The van der Waals surface area contributed by atoms with E-state index in [-0.39, 0.29) is 18.6 Å². The average Bonchev–Trinajstić information content (AvgIpc) is 2.94. The maximum absolute atomic E-state index is 13.9. The number of carbonyl (C=O) groups excluding carboxylic acids is 1. The summed E-state index contributed by atoms with van der Waals surface area (Å²) in [5.41, 5.74) is 3.76. The van der Waals surface area contributed by atoms with Gasteiger partial charge in [-0.1, -0.05) is 25.1 Å². The van der Waals surface area contributed by atoms with Gasteiger partial charge in [0.25, 0.3) is 5.91 Å². The first-order chi connectivity index (χ1) is 17.5. The van der Waals surface area contributed by atoms with Gasteiger partial charge in [-0.05, 0) is 65.9 Å². The molecule has 1 heterocycles. The molecule has 0 aromatic heterocycles. The monoisotopic (exact) mass is 491 g/mol. The van der Waals surface area contributed by atoms with Gasteiger partial charge in [0.05, 0.1) is 40.0 Å². The second-order valence-electron chi connectivity index (χ2n) is 8.52. The highest BCUT2D eigenvalue weighted by Gasteiger charge is 2.35. The standard InChI is InChI=1S/C29H33NO6/c1-6-19-10-12-21(13-11-19)36-18-24-23-17-27(34-4)26(33-3)16-20(23)14-15-30(24)29(31)22-8-7-9-25(32-2)28(22)35-5/h7-13,16-17,24H,6,14-15,18H2,1-5H3/t24-/m1/s1. The molecule has 0 N–H and O–H groups in total. The van der Waals surface area contributed by atoms with E-state index in [9.17, 15) is 4.79 Å². The van der Waals surface area contributed by atoms with Crippen molar-refractivity contribution in [1.82, 2.24) is 4.90 Å². The molecule has 190 valence electrons. The third-order valence-electron chi connectivity index (χ3n) is 6.64. The number of hydrogen-bond acceptors (Lipinski definition) is 6. The fraction of sp³-hybridized carbons (Fsp3) is 0.345. The normalized spacial score (nSPS) is 14.6. The molecule has 0 unspecified atom stereocenters. The smallest absolute Gasteiger partial charge is 0.258 e. The molecule has 0 aliphatic carbocycles. The van der Waals surface area contributed by atoms with E-state index in [0.29, 0.717) is 41.5 Å². The largest absolute Gasteiger partial charge is 0.493 e. The topological polar surface area (TPSA) is 66.5 Å². The van der Waals surface area contributed by atoms with Crippen LogP contribution in [0.2, 0.25) is 0 Å². The van der Waals surface area contributed by atoms with Gasteiger partial charge in [-0.15, -0.1) is 0 Å². The van der Waals surface area contributed by atoms with Gasteiger partial charge in [-0.2, -0.15) is 0 Å². The summed E-state index contributed by atoms with van der Waals surface area (Å²) in [6.45, 7) is 2.92. The van der Waals surface area contributed by atoms with E-state index < -0.39 is 0 Å². The van der Waals surface area contributed by atoms with Crippen molar-refractivity contribution in [1.29, 1.82) is 0 Å². The Kier molecular flexibility index (Phi) is 7.88. The first-order valence-electron chi connectivity index (χ1n) is 12.0. The summed E-state index contributed by atoms with van der Waals surface area (Å²) in [7, 11) is 6.33. The Balaban J connectivity index is 1.73. The summed E-state index contributed by atoms with van der Waals surface area (Å²) in [5.74, 6) is 2.81. The number of para-hydroxylation sites is 1. The van der Waals surface area contributed by atoms with E-state index in [0.717, 1.165) is 23.3 Å². The van der Waals surface area contributed by atoms with Gasteiger partial charge >= 0.3 is 0 Å². The van der Waals surface area contributed by atoms with Crippen molar-refractivity contribution >= 4 is 5.91 Å². The maximum atomic E-state index is 13.9. The van der Waals surface area contributed by atoms with Crippen molar-refractivity contribution in [3.8, 4) is 28.7 Å². The van der Waals surface area contributed by atoms with Crippen LogP contribution in [0.4, 0.5) is 0 Å². The van der Waals surface area contributed by atoms with Crippen LogP contribution in [0.5, 0.6) is 28.7 Å². The average molecular weight is 492 g/mol. The highest BCUT2D eigenvalue weighted by Crippen LogP contribution is 2.40. The van der Waals surface area contributed by atoms with E-state index in [1.165, 1.54) is 12.7 Å². The number of fused-ring (bicyclic) bond motifs is 1. The van der Waals surface area contributed by atoms with E-state index in [1.54, 1.807) is 39.5 Å². The van der Waals surface area contributed by atoms with Gasteiger partial charge in [-0.25, -0.2) is 0 Å². The molecule has 1 atom stereocenters. The van der Waals surface area contributed by atoms with Gasteiger partial charge in [0, 0.05) is 6.54 Å². The first-order valence-corrected chi connectivity index (χ1v) is 12.0. The van der Waals surface area contributed by atoms with Crippen molar-refractivity contribution in [2.24, 2.45) is 0 Å². The third-order valence-corrected chi connectivity index (χ3v) is 6.64. The van der Waals surface area contributed by atoms with Crippen LogP contribution in [-0.4, -0.2) is 52.4 Å². The second-order valence-corrected chi connectivity index (χ2v) is 8.52. The minimum Gasteiger partial charge on any atom is -0.493 e. The Morgan fingerprint density at radius 3 is 2.22 bits per heavy atom. The zero-order valence-electron chi connectivity index (χ0n) is 21.5. The molecule has 1 aliphatic rings. The molecule has 1 aliphatic heterocycles. The van der Waals surface area contributed by atoms with Crippen LogP contribution in [0.1, 0.15) is 40.0 Å². The van der Waals surface area contributed by atoms with Gasteiger partial charge in [0.2, 0.25) is 0 Å². The van der Waals surface area contributed by atoms with Crippen LogP contribution in [0.3, 0.4) is 0 Å². The Bertz CT molecular complexity index is 1210. The molecule has 36 heavy (non-hydrogen) atoms. The van der Waals surface area contributed by atoms with Gasteiger partial charge < -0.3 is 28.6 Å². The van der Waals surface area contributed by atoms with E-state index >= 15 is 0 Å². The minimum absolute atomic E-state index is 0.152. The number of nitrogens with zero attached hydrogens (tertiary/aromatic N) is 1. The number of amides is 1. The Morgan fingerprint density at radius 2 is 1.58 bits per heavy atom. The number of methoxy groups -OCH3 is 4. The summed E-state index contributed by atoms with van der Waals surface area (Å²) in [6, 6.07) is 17.0. The molecule has 0 fully saturated rings. The van der Waals surface area contributed by atoms with Crippen molar-refractivity contribution < 1.29 is 28.5 Å². The van der Waals surface area contributed by atoms with E-state index in [4.69, 9.17) is 23.7 Å². The molecular formula is C29H33NO6. The van der Waals surface area contributed by atoms with Crippen molar-refractivity contribution in [2.75, 3.05) is 41.6 Å². The van der Waals surface area contributed by atoms with Crippen LogP contribution < -0.4 is 23.7 Å². The lowest BCUT2D eigenvalue weighted by Gasteiger charge is -2.38. The molecule has 1 amide bonds. The molecule has 7 heteroatoms. The number of ether oxygens (including phenoxy) is 5. The maximum Gasteiger partial charge on any atom is 0.258 e. The molecule has 4 rings (SSSR count). The van der Waals surface area contributed by atoms with Gasteiger partial charge in [0.15, 0.2) is 23.0 Å². The quantitative estimate of drug-likeness (QED) is 0.415. The summed E-state index contributed by atoms with van der Waals surface area (Å²) >= 11 is 0. The molecule has 3 aromatic carbocycles. The Labute approximate surface area is 212 Å². The molecule has 7 nitrogen and oxygen atoms in total. The molecule has 3 aromatic rings. The number of hydrogen-bond donors (Lipinski definition) is 0. The lowest BCUT2D eigenvalue weighted by atomic mass is 9.91. The van der Waals surface area contributed by atoms with Crippen molar-refractivity contribution in [3.63, 3.8) is 0 Å². The van der Waals surface area contributed by atoms with Crippen LogP contribution >= 0.6 is 0 Å². The SMILES string of the molecule is CCc1ccc(OC[C@@H]2c3cc(OC)c(OC)cc3CCN2C(=O)c2cccc(OC)c2OC)cc1. The molecular weight excluding hydrogens is 458 g/mol. The summed E-state index contributed by atoms with van der Waals surface area (Å²) < 4.78 is 28.3. The first kappa shape index (κ1) is 25.2. The molecule has 0 radical (unpaired) electrons. The van der Waals surface area contributed by atoms with Crippen LogP contribution in [0.15, 0.2) is 54.6 Å². The summed E-state index contributed by atoms with van der Waals surface area (Å²) in [4.78, 5) is 15.8. The lowest BCUT2D eigenvalue weighted by Crippen LogP contribution is -2.42. The van der Waals surface area contributed by atoms with Crippen LogP contribution in [-0.2, 0) is 12.8 Å². The number of benzene rings is 3. The molecule has 0 spiro atoms. The fourth-order valence-corrected chi connectivity index (χ4v) is 4.66. The zero-order chi connectivity index (χ0) is 25.7. The molecule has 0 bridgehead atoms. The number of carbonyl (C=O) groups is 1. The van der Waals surface area contributed by atoms with Gasteiger partial charge in [-0.3, -0.25) is 4.79 Å².